The van der Waals surface area contributed by atoms with Crippen molar-refractivity contribution in [2.75, 3.05) is 13.2 Å². The Morgan fingerprint density at radius 2 is 2.25 bits per heavy atom. The van der Waals surface area contributed by atoms with Gasteiger partial charge in [0.25, 0.3) is 6.43 Å². The molecule has 1 N–H and O–H groups in total. The molecule has 1 heterocycles. The van der Waals surface area contributed by atoms with Gasteiger partial charge in [-0.1, -0.05) is 6.07 Å². The van der Waals surface area contributed by atoms with Gasteiger partial charge in [-0.15, -0.1) is 0 Å². The van der Waals surface area contributed by atoms with Gasteiger partial charge >= 0.3 is 0 Å². The van der Waals surface area contributed by atoms with Crippen LogP contribution in [0.1, 0.15) is 22.3 Å². The van der Waals surface area contributed by atoms with Crippen LogP contribution in [0, 0.1) is 11.3 Å². The number of nitrogens with one attached hydrogen (secondary N) is 1. The number of ketones is 1. The molecule has 0 aliphatic carbocycles. The third-order valence-corrected chi connectivity index (χ3v) is 2.83. The van der Waals surface area contributed by atoms with E-state index in [9.17, 15) is 13.6 Å². The minimum atomic E-state index is -2.53. The number of aromatic amines is 1. The number of nitrogens with zero attached hydrogens (tertiary/aromatic N) is 1. The number of ether oxygens (including phenoxy) is 1. The van der Waals surface area contributed by atoms with Gasteiger partial charge in [0, 0.05) is 29.1 Å². The summed E-state index contributed by atoms with van der Waals surface area (Å²) in [6.45, 7) is -0.696. The number of alkyl halides is 2. The fourth-order valence-corrected chi connectivity index (χ4v) is 1.90. The number of halogens is 2. The zero-order valence-electron chi connectivity index (χ0n) is 10.5. The van der Waals surface area contributed by atoms with E-state index >= 15 is 0 Å². The molecule has 0 radical (unpaired) electrons. The highest BCUT2D eigenvalue weighted by molar-refractivity contribution is 6.08. The lowest BCUT2D eigenvalue weighted by Gasteiger charge is -2.02. The van der Waals surface area contributed by atoms with Crippen molar-refractivity contribution in [2.45, 2.75) is 12.8 Å². The maximum absolute atomic E-state index is 12.0. The topological polar surface area (TPSA) is 65.9 Å². The predicted molar refractivity (Wildman–Crippen MR) is 68.8 cm³/mol. The second-order valence-corrected chi connectivity index (χ2v) is 4.21. The molecule has 6 heteroatoms. The fraction of sp³-hybridized carbons (Fsp3) is 0.286. The smallest absolute Gasteiger partial charge is 0.261 e. The molecule has 104 valence electrons. The van der Waals surface area contributed by atoms with Crippen LogP contribution in [-0.4, -0.2) is 30.4 Å². The number of aromatic nitrogens is 1. The lowest BCUT2D eigenvalue weighted by atomic mass is 10.1. The summed E-state index contributed by atoms with van der Waals surface area (Å²) >= 11 is 0. The maximum atomic E-state index is 12.0. The Bertz CT molecular complexity index is 659. The summed E-state index contributed by atoms with van der Waals surface area (Å²) in [5.41, 5.74) is 1.67. The van der Waals surface area contributed by atoms with Crippen LogP contribution in [0.3, 0.4) is 0 Å². The Hall–Kier alpha value is -2.26. The summed E-state index contributed by atoms with van der Waals surface area (Å²) in [6, 6.07) is 6.98. The molecule has 2 aromatic rings. The lowest BCUT2D eigenvalue weighted by Crippen LogP contribution is -2.09. The molecule has 0 bridgehead atoms. The minimum Gasteiger partial charge on any atom is -0.375 e. The van der Waals surface area contributed by atoms with Crippen LogP contribution < -0.4 is 0 Å². The van der Waals surface area contributed by atoms with E-state index in [1.807, 2.05) is 6.07 Å². The molecule has 0 aliphatic rings. The molecule has 20 heavy (non-hydrogen) atoms. The Morgan fingerprint density at radius 1 is 1.45 bits per heavy atom. The van der Waals surface area contributed by atoms with Crippen molar-refractivity contribution in [1.82, 2.24) is 4.98 Å². The van der Waals surface area contributed by atoms with Crippen LogP contribution in [0.25, 0.3) is 10.9 Å². The largest absolute Gasteiger partial charge is 0.375 e. The maximum Gasteiger partial charge on any atom is 0.261 e. The molecule has 0 fully saturated rings. The number of hydrogen-bond donors (Lipinski definition) is 1. The van der Waals surface area contributed by atoms with Gasteiger partial charge in [-0.2, -0.15) is 5.26 Å². The number of H-pyrrole nitrogens is 1. The number of carbonyl (C=O) groups is 1. The minimum absolute atomic E-state index is 0.0356. The van der Waals surface area contributed by atoms with Crippen LogP contribution in [0.15, 0.2) is 24.4 Å². The van der Waals surface area contributed by atoms with Crippen molar-refractivity contribution in [2.24, 2.45) is 0 Å². The van der Waals surface area contributed by atoms with E-state index in [1.165, 1.54) is 0 Å². The first-order chi connectivity index (χ1) is 9.61. The molecule has 0 unspecified atom stereocenters. The number of hydrogen-bond acceptors (Lipinski definition) is 3. The Morgan fingerprint density at radius 3 is 2.95 bits per heavy atom. The number of nitriles is 1. The van der Waals surface area contributed by atoms with Crippen molar-refractivity contribution >= 4 is 16.7 Å². The molecular formula is C14H12F2N2O2. The zero-order valence-corrected chi connectivity index (χ0v) is 10.5. The van der Waals surface area contributed by atoms with E-state index in [2.05, 4.69) is 9.72 Å². The van der Waals surface area contributed by atoms with Gasteiger partial charge in [0.2, 0.25) is 0 Å². The molecule has 0 atom stereocenters. The van der Waals surface area contributed by atoms with Crippen molar-refractivity contribution in [3.63, 3.8) is 0 Å². The lowest BCUT2D eigenvalue weighted by molar-refractivity contribution is 0.0170. The average Bonchev–Trinajstić information content (AvgIpc) is 2.86. The molecule has 2 rings (SSSR count). The highest BCUT2D eigenvalue weighted by Crippen LogP contribution is 2.20. The first kappa shape index (κ1) is 14.2. The molecule has 0 saturated carbocycles. The third kappa shape index (κ3) is 3.19. The van der Waals surface area contributed by atoms with Crippen molar-refractivity contribution in [3.8, 4) is 6.07 Å². The second-order valence-electron chi connectivity index (χ2n) is 4.21. The molecule has 1 aromatic heterocycles. The zero-order chi connectivity index (χ0) is 14.5. The van der Waals surface area contributed by atoms with Gasteiger partial charge in [0.15, 0.2) is 5.78 Å². The Labute approximate surface area is 114 Å². The third-order valence-electron chi connectivity index (χ3n) is 2.83. The fourth-order valence-electron chi connectivity index (χ4n) is 1.90. The summed E-state index contributed by atoms with van der Waals surface area (Å²) < 4.78 is 28.4. The normalized spacial score (nSPS) is 10.9. The molecule has 0 saturated heterocycles. The highest BCUT2D eigenvalue weighted by atomic mass is 19.3. The number of carbonyl (C=O) groups excluding carboxylic acids is 1. The molecule has 4 nitrogen and oxygen atoms in total. The van der Waals surface area contributed by atoms with Gasteiger partial charge in [0.05, 0.1) is 18.2 Å². The average molecular weight is 278 g/mol. The quantitative estimate of drug-likeness (QED) is 0.652. The van der Waals surface area contributed by atoms with Crippen molar-refractivity contribution in [3.05, 3.63) is 35.5 Å². The molecule has 1 aromatic carbocycles. The monoisotopic (exact) mass is 278 g/mol. The molecule has 0 spiro atoms. The predicted octanol–water partition coefficient (Wildman–Crippen LogP) is 2.89. The van der Waals surface area contributed by atoms with Crippen LogP contribution in [-0.2, 0) is 4.74 Å². The van der Waals surface area contributed by atoms with Crippen LogP contribution in [0.5, 0.6) is 0 Å². The number of Topliss-reactive ketones (excluding diaryl/α,β-unsaturated/α-hetero) is 1. The molecular weight excluding hydrogens is 266 g/mol. The van der Waals surface area contributed by atoms with Crippen molar-refractivity contribution < 1.29 is 18.3 Å². The Balaban J connectivity index is 2.05. The first-order valence-electron chi connectivity index (χ1n) is 6.02. The second kappa shape index (κ2) is 6.26. The van der Waals surface area contributed by atoms with Crippen LogP contribution in [0.2, 0.25) is 0 Å². The number of fused-ring (bicyclic) bond motifs is 1. The SMILES string of the molecule is N#Cc1ccc2c(C(=O)CCOCC(F)F)c[nH]c2c1. The van der Waals surface area contributed by atoms with E-state index in [-0.39, 0.29) is 18.8 Å². The van der Waals surface area contributed by atoms with Gasteiger partial charge < -0.3 is 9.72 Å². The van der Waals surface area contributed by atoms with Gasteiger partial charge in [-0.3, -0.25) is 4.79 Å². The van der Waals surface area contributed by atoms with Gasteiger partial charge in [-0.25, -0.2) is 8.78 Å². The Kier molecular flexibility index (Phi) is 4.43. The van der Waals surface area contributed by atoms with Gasteiger partial charge in [-0.05, 0) is 12.1 Å². The van der Waals surface area contributed by atoms with E-state index < -0.39 is 13.0 Å². The van der Waals surface area contributed by atoms with Crippen LogP contribution >= 0.6 is 0 Å². The van der Waals surface area contributed by atoms with Crippen molar-refractivity contribution in [1.29, 1.82) is 5.26 Å². The highest BCUT2D eigenvalue weighted by Gasteiger charge is 2.12. The molecule has 0 amide bonds. The summed E-state index contributed by atoms with van der Waals surface area (Å²) in [5.74, 6) is -0.185. The van der Waals surface area contributed by atoms with E-state index in [1.54, 1.807) is 24.4 Å². The first-order valence-corrected chi connectivity index (χ1v) is 6.02. The summed E-state index contributed by atoms with van der Waals surface area (Å²) in [6.07, 6.45) is -0.927. The standard InChI is InChI=1S/C14H12F2N2O2/c15-14(16)8-20-4-3-13(19)11-7-18-12-5-9(6-17)1-2-10(11)12/h1-2,5,7,14,18H,3-4,8H2. The molecule has 0 aliphatic heterocycles. The van der Waals surface area contributed by atoms with E-state index in [0.29, 0.717) is 22.0 Å². The van der Waals surface area contributed by atoms with E-state index in [4.69, 9.17) is 5.26 Å². The summed E-state index contributed by atoms with van der Waals surface area (Å²) in [4.78, 5) is 14.9. The number of rotatable bonds is 6. The summed E-state index contributed by atoms with van der Waals surface area (Å²) in [7, 11) is 0. The number of benzene rings is 1. The van der Waals surface area contributed by atoms with Crippen LogP contribution in [0.4, 0.5) is 8.78 Å². The van der Waals surface area contributed by atoms with E-state index in [0.717, 1.165) is 0 Å². The summed E-state index contributed by atoms with van der Waals surface area (Å²) in [5, 5.41) is 9.50. The van der Waals surface area contributed by atoms with Gasteiger partial charge in [0.1, 0.15) is 6.61 Å².